The Hall–Kier alpha value is -2.28. The lowest BCUT2D eigenvalue weighted by Crippen LogP contribution is -2.19. The summed E-state index contributed by atoms with van der Waals surface area (Å²) >= 11 is 0. The van der Waals surface area contributed by atoms with E-state index >= 15 is 0 Å². The maximum atomic E-state index is 11.8. The van der Waals surface area contributed by atoms with Gasteiger partial charge in [-0.3, -0.25) is 4.79 Å². The number of anilines is 1. The van der Waals surface area contributed by atoms with Crippen LogP contribution in [0.4, 0.5) is 5.69 Å². The number of tetrazole rings is 1. The van der Waals surface area contributed by atoms with Crippen molar-refractivity contribution >= 4 is 11.6 Å². The van der Waals surface area contributed by atoms with Crippen molar-refractivity contribution in [3.63, 3.8) is 0 Å². The van der Waals surface area contributed by atoms with E-state index in [1.165, 1.54) is 6.33 Å². The SMILES string of the molecule is Cc1ccc(NC(=O)CCC(C)N)cc1-n1cnnn1. The van der Waals surface area contributed by atoms with Crippen molar-refractivity contribution in [1.82, 2.24) is 20.2 Å². The highest BCUT2D eigenvalue weighted by atomic mass is 16.1. The van der Waals surface area contributed by atoms with E-state index in [0.717, 1.165) is 16.9 Å². The molecule has 1 atom stereocenters. The van der Waals surface area contributed by atoms with Gasteiger partial charge in [0.25, 0.3) is 0 Å². The number of amides is 1. The van der Waals surface area contributed by atoms with Crippen LogP contribution in [0.5, 0.6) is 0 Å². The minimum absolute atomic E-state index is 0.0237. The highest BCUT2D eigenvalue weighted by molar-refractivity contribution is 5.91. The van der Waals surface area contributed by atoms with E-state index in [4.69, 9.17) is 5.73 Å². The van der Waals surface area contributed by atoms with Crippen molar-refractivity contribution in [1.29, 1.82) is 0 Å². The van der Waals surface area contributed by atoms with Crippen molar-refractivity contribution in [3.8, 4) is 5.69 Å². The molecule has 1 amide bonds. The molecule has 0 saturated heterocycles. The van der Waals surface area contributed by atoms with Crippen LogP contribution in [0.2, 0.25) is 0 Å². The number of benzene rings is 1. The summed E-state index contributed by atoms with van der Waals surface area (Å²) in [6, 6.07) is 5.64. The summed E-state index contributed by atoms with van der Waals surface area (Å²) in [7, 11) is 0. The molecule has 2 rings (SSSR count). The average molecular weight is 274 g/mol. The molecule has 3 N–H and O–H groups in total. The number of rotatable bonds is 5. The Morgan fingerprint density at radius 2 is 2.30 bits per heavy atom. The number of carbonyl (C=O) groups excluding carboxylic acids is 1. The molecule has 1 heterocycles. The van der Waals surface area contributed by atoms with Gasteiger partial charge in [0.1, 0.15) is 6.33 Å². The van der Waals surface area contributed by atoms with Crippen LogP contribution in [-0.2, 0) is 4.79 Å². The molecule has 0 radical (unpaired) electrons. The molecule has 0 aliphatic carbocycles. The molecule has 7 nitrogen and oxygen atoms in total. The molecule has 0 aliphatic heterocycles. The number of nitrogens with zero attached hydrogens (tertiary/aromatic N) is 4. The zero-order valence-electron chi connectivity index (χ0n) is 11.6. The summed E-state index contributed by atoms with van der Waals surface area (Å²) in [4.78, 5) is 11.8. The van der Waals surface area contributed by atoms with Crippen LogP contribution in [-0.4, -0.2) is 32.2 Å². The van der Waals surface area contributed by atoms with E-state index in [0.29, 0.717) is 12.8 Å². The number of carbonyl (C=O) groups is 1. The summed E-state index contributed by atoms with van der Waals surface area (Å²) in [6.07, 6.45) is 2.59. The fourth-order valence-electron chi connectivity index (χ4n) is 1.79. The predicted octanol–water partition coefficient (Wildman–Crippen LogP) is 1.04. The van der Waals surface area contributed by atoms with Crippen molar-refractivity contribution in [2.24, 2.45) is 5.73 Å². The topological polar surface area (TPSA) is 98.7 Å². The van der Waals surface area contributed by atoms with Gasteiger partial charge in [-0.25, -0.2) is 4.68 Å². The lowest BCUT2D eigenvalue weighted by molar-refractivity contribution is -0.116. The molecule has 1 unspecified atom stereocenters. The molecule has 0 spiro atoms. The lowest BCUT2D eigenvalue weighted by atomic mass is 10.1. The van der Waals surface area contributed by atoms with E-state index in [1.807, 2.05) is 32.0 Å². The number of nitrogens with two attached hydrogens (primary N) is 1. The second kappa shape index (κ2) is 6.25. The third kappa shape index (κ3) is 3.61. The predicted molar refractivity (Wildman–Crippen MR) is 75.4 cm³/mol. The zero-order chi connectivity index (χ0) is 14.5. The van der Waals surface area contributed by atoms with Crippen LogP contribution in [0.15, 0.2) is 24.5 Å². The van der Waals surface area contributed by atoms with E-state index in [1.54, 1.807) is 4.68 Å². The van der Waals surface area contributed by atoms with Gasteiger partial charge in [0, 0.05) is 18.2 Å². The third-order valence-electron chi connectivity index (χ3n) is 2.92. The third-order valence-corrected chi connectivity index (χ3v) is 2.92. The highest BCUT2D eigenvalue weighted by Crippen LogP contribution is 2.18. The lowest BCUT2D eigenvalue weighted by Gasteiger charge is -2.10. The Bertz CT molecular complexity index is 579. The first-order valence-corrected chi connectivity index (χ1v) is 6.45. The second-order valence-corrected chi connectivity index (χ2v) is 4.82. The first-order valence-electron chi connectivity index (χ1n) is 6.45. The van der Waals surface area contributed by atoms with Gasteiger partial charge in [-0.2, -0.15) is 0 Å². The van der Waals surface area contributed by atoms with Gasteiger partial charge < -0.3 is 11.1 Å². The van der Waals surface area contributed by atoms with Crippen LogP contribution in [0.1, 0.15) is 25.3 Å². The molecule has 106 valence electrons. The number of aromatic nitrogens is 4. The van der Waals surface area contributed by atoms with Gasteiger partial charge in [0.15, 0.2) is 0 Å². The standard InChI is InChI=1S/C13H18N6O/c1-9-3-5-11(16-13(20)6-4-10(2)14)7-12(9)19-8-15-17-18-19/h3,5,7-8,10H,4,6,14H2,1-2H3,(H,16,20). The Morgan fingerprint density at radius 1 is 1.50 bits per heavy atom. The molecule has 1 aromatic heterocycles. The highest BCUT2D eigenvalue weighted by Gasteiger charge is 2.07. The summed E-state index contributed by atoms with van der Waals surface area (Å²) in [5, 5.41) is 13.9. The summed E-state index contributed by atoms with van der Waals surface area (Å²) in [5.41, 5.74) is 8.21. The van der Waals surface area contributed by atoms with E-state index in [-0.39, 0.29) is 11.9 Å². The molecule has 0 fully saturated rings. The average Bonchev–Trinajstić information content (AvgIpc) is 2.92. The van der Waals surface area contributed by atoms with Crippen molar-refractivity contribution in [2.45, 2.75) is 32.7 Å². The van der Waals surface area contributed by atoms with Crippen LogP contribution < -0.4 is 11.1 Å². The molecular formula is C13H18N6O. The number of hydrogen-bond acceptors (Lipinski definition) is 5. The molecule has 0 bridgehead atoms. The summed E-state index contributed by atoms with van der Waals surface area (Å²) < 4.78 is 1.56. The molecule has 0 aliphatic rings. The molecular weight excluding hydrogens is 256 g/mol. The number of hydrogen-bond donors (Lipinski definition) is 2. The number of aryl methyl sites for hydroxylation is 1. The minimum Gasteiger partial charge on any atom is -0.328 e. The van der Waals surface area contributed by atoms with Crippen LogP contribution >= 0.6 is 0 Å². The van der Waals surface area contributed by atoms with Gasteiger partial charge in [-0.1, -0.05) is 6.07 Å². The Balaban J connectivity index is 2.10. The fraction of sp³-hybridized carbons (Fsp3) is 0.385. The molecule has 7 heteroatoms. The Kier molecular flexibility index (Phi) is 4.41. The first-order chi connectivity index (χ1) is 9.56. The first kappa shape index (κ1) is 14.1. The number of nitrogens with one attached hydrogen (secondary N) is 1. The van der Waals surface area contributed by atoms with Crippen LogP contribution in [0.25, 0.3) is 5.69 Å². The second-order valence-electron chi connectivity index (χ2n) is 4.82. The molecule has 0 saturated carbocycles. The van der Waals surface area contributed by atoms with Crippen molar-refractivity contribution < 1.29 is 4.79 Å². The maximum Gasteiger partial charge on any atom is 0.224 e. The van der Waals surface area contributed by atoms with Crippen molar-refractivity contribution in [2.75, 3.05) is 5.32 Å². The minimum atomic E-state index is -0.0474. The van der Waals surface area contributed by atoms with Gasteiger partial charge in [-0.15, -0.1) is 5.10 Å². The van der Waals surface area contributed by atoms with Gasteiger partial charge in [0.05, 0.1) is 5.69 Å². The van der Waals surface area contributed by atoms with Gasteiger partial charge in [-0.05, 0) is 48.4 Å². The van der Waals surface area contributed by atoms with Crippen LogP contribution in [0, 0.1) is 6.92 Å². The van der Waals surface area contributed by atoms with E-state index in [2.05, 4.69) is 20.8 Å². The van der Waals surface area contributed by atoms with E-state index in [9.17, 15) is 4.79 Å². The Morgan fingerprint density at radius 3 is 2.95 bits per heavy atom. The molecule has 20 heavy (non-hydrogen) atoms. The molecule has 1 aromatic carbocycles. The van der Waals surface area contributed by atoms with Gasteiger partial charge >= 0.3 is 0 Å². The largest absolute Gasteiger partial charge is 0.328 e. The van der Waals surface area contributed by atoms with Crippen molar-refractivity contribution in [3.05, 3.63) is 30.1 Å². The smallest absolute Gasteiger partial charge is 0.224 e. The quantitative estimate of drug-likeness (QED) is 0.848. The van der Waals surface area contributed by atoms with Gasteiger partial charge in [0.2, 0.25) is 5.91 Å². The van der Waals surface area contributed by atoms with E-state index < -0.39 is 0 Å². The monoisotopic (exact) mass is 274 g/mol. The fourth-order valence-corrected chi connectivity index (χ4v) is 1.79. The molecule has 2 aromatic rings. The normalized spacial score (nSPS) is 12.2. The zero-order valence-corrected chi connectivity index (χ0v) is 11.6. The summed E-state index contributed by atoms with van der Waals surface area (Å²) in [6.45, 7) is 3.84. The summed E-state index contributed by atoms with van der Waals surface area (Å²) in [5.74, 6) is -0.0474. The Labute approximate surface area is 117 Å². The van der Waals surface area contributed by atoms with Crippen LogP contribution in [0.3, 0.4) is 0 Å². The maximum absolute atomic E-state index is 11.8.